The summed E-state index contributed by atoms with van der Waals surface area (Å²) >= 11 is 1.81. The summed E-state index contributed by atoms with van der Waals surface area (Å²) < 4.78 is 0. The van der Waals surface area contributed by atoms with Gasteiger partial charge in [0.15, 0.2) is 0 Å². The van der Waals surface area contributed by atoms with Crippen LogP contribution in [0, 0.1) is 0 Å². The maximum Gasteiger partial charge on any atom is 0.317 e. The number of likely N-dealkylation sites (N-methyl/N-ethyl adjacent to an activating group) is 1. The Balaban J connectivity index is 1.87. The lowest BCUT2D eigenvalue weighted by atomic mass is 10.0. The minimum atomic E-state index is 0.0151. The molecule has 22 heavy (non-hydrogen) atoms. The number of benzene rings is 2. The third-order valence-corrected chi connectivity index (χ3v) is 4.44. The summed E-state index contributed by atoms with van der Waals surface area (Å²) in [5, 5.41) is 5.49. The summed E-state index contributed by atoms with van der Waals surface area (Å²) in [5.74, 6) is 1.08. The van der Waals surface area contributed by atoms with Crippen LogP contribution in [0.4, 0.5) is 4.79 Å². The fourth-order valence-electron chi connectivity index (χ4n) is 2.45. The van der Waals surface area contributed by atoms with Crippen molar-refractivity contribution in [3.63, 3.8) is 0 Å². The van der Waals surface area contributed by atoms with Crippen LogP contribution in [0.5, 0.6) is 0 Å². The van der Waals surface area contributed by atoms with Crippen LogP contribution in [0.15, 0.2) is 42.5 Å². The predicted molar refractivity (Wildman–Crippen MR) is 96.7 cm³/mol. The molecule has 0 unspecified atom stereocenters. The Bertz CT molecular complexity index is 610. The Morgan fingerprint density at radius 3 is 2.77 bits per heavy atom. The molecule has 1 N–H and O–H groups in total. The van der Waals surface area contributed by atoms with Gasteiger partial charge in [-0.1, -0.05) is 42.5 Å². The van der Waals surface area contributed by atoms with Crippen LogP contribution in [0.3, 0.4) is 0 Å². The van der Waals surface area contributed by atoms with Crippen molar-refractivity contribution in [2.24, 2.45) is 0 Å². The van der Waals surface area contributed by atoms with E-state index in [0.717, 1.165) is 31.7 Å². The quantitative estimate of drug-likeness (QED) is 0.789. The fraction of sp³-hybridized carbons (Fsp3) is 0.389. The number of carbonyl (C=O) groups is 1. The van der Waals surface area contributed by atoms with Crippen molar-refractivity contribution >= 4 is 28.6 Å². The SMILES string of the molecule is CSCCCNC(=O)N(C)CCc1cccc2ccccc12. The molecule has 0 saturated heterocycles. The minimum Gasteiger partial charge on any atom is -0.338 e. The van der Waals surface area contributed by atoms with E-state index in [1.54, 1.807) is 16.7 Å². The van der Waals surface area contributed by atoms with Gasteiger partial charge in [-0.05, 0) is 41.2 Å². The third kappa shape index (κ3) is 4.67. The monoisotopic (exact) mass is 316 g/mol. The lowest BCUT2D eigenvalue weighted by Gasteiger charge is -2.18. The van der Waals surface area contributed by atoms with E-state index in [4.69, 9.17) is 0 Å². The maximum atomic E-state index is 12.0. The van der Waals surface area contributed by atoms with E-state index < -0.39 is 0 Å². The van der Waals surface area contributed by atoms with Crippen LogP contribution in [-0.2, 0) is 6.42 Å². The minimum absolute atomic E-state index is 0.0151. The van der Waals surface area contributed by atoms with Crippen molar-refractivity contribution < 1.29 is 4.79 Å². The molecule has 2 aromatic carbocycles. The Hall–Kier alpha value is -1.68. The molecular formula is C18H24N2OS. The smallest absolute Gasteiger partial charge is 0.317 e. The number of amides is 2. The number of nitrogens with zero attached hydrogens (tertiary/aromatic N) is 1. The predicted octanol–water partition coefficient (Wildman–Crippen LogP) is 3.78. The van der Waals surface area contributed by atoms with Gasteiger partial charge in [-0.3, -0.25) is 0 Å². The Morgan fingerprint density at radius 2 is 1.95 bits per heavy atom. The second-order valence-corrected chi connectivity index (χ2v) is 6.37. The molecule has 0 fully saturated rings. The van der Waals surface area contributed by atoms with Crippen molar-refractivity contribution in [1.82, 2.24) is 10.2 Å². The molecule has 0 bridgehead atoms. The molecule has 3 nitrogen and oxygen atoms in total. The normalized spacial score (nSPS) is 10.6. The highest BCUT2D eigenvalue weighted by Crippen LogP contribution is 2.18. The van der Waals surface area contributed by atoms with Gasteiger partial charge in [-0.2, -0.15) is 11.8 Å². The van der Waals surface area contributed by atoms with Gasteiger partial charge < -0.3 is 10.2 Å². The van der Waals surface area contributed by atoms with Gasteiger partial charge in [-0.25, -0.2) is 4.79 Å². The van der Waals surface area contributed by atoms with Crippen LogP contribution < -0.4 is 5.32 Å². The average Bonchev–Trinajstić information content (AvgIpc) is 2.56. The lowest BCUT2D eigenvalue weighted by molar-refractivity contribution is 0.209. The zero-order chi connectivity index (χ0) is 15.8. The standard InChI is InChI=1S/C18H24N2OS/c1-20(18(21)19-12-6-14-22-2)13-11-16-9-5-8-15-7-3-4-10-17(15)16/h3-5,7-10H,6,11-14H2,1-2H3,(H,19,21). The highest BCUT2D eigenvalue weighted by atomic mass is 32.2. The number of urea groups is 1. The van der Waals surface area contributed by atoms with Gasteiger partial charge in [0.25, 0.3) is 0 Å². The van der Waals surface area contributed by atoms with Crippen LogP contribution in [0.1, 0.15) is 12.0 Å². The first-order chi connectivity index (χ1) is 10.7. The number of fused-ring (bicyclic) bond motifs is 1. The summed E-state index contributed by atoms with van der Waals surface area (Å²) in [6.07, 6.45) is 3.97. The first-order valence-corrected chi connectivity index (χ1v) is 9.06. The van der Waals surface area contributed by atoms with Gasteiger partial charge >= 0.3 is 6.03 Å². The molecule has 0 spiro atoms. The molecule has 0 atom stereocenters. The second kappa shape index (κ2) is 8.69. The topological polar surface area (TPSA) is 32.3 Å². The van der Waals surface area contributed by atoms with Gasteiger partial charge in [0.1, 0.15) is 0 Å². The summed E-state index contributed by atoms with van der Waals surface area (Å²) in [4.78, 5) is 13.8. The third-order valence-electron chi connectivity index (χ3n) is 3.74. The van der Waals surface area contributed by atoms with Crippen LogP contribution in [-0.4, -0.2) is 43.1 Å². The molecule has 0 aliphatic heterocycles. The molecule has 118 valence electrons. The number of thioether (sulfide) groups is 1. The highest BCUT2D eigenvalue weighted by Gasteiger charge is 2.08. The van der Waals surface area contributed by atoms with Gasteiger partial charge in [-0.15, -0.1) is 0 Å². The Labute approximate surface area is 137 Å². The van der Waals surface area contributed by atoms with E-state index in [9.17, 15) is 4.79 Å². The first-order valence-electron chi connectivity index (χ1n) is 7.67. The van der Waals surface area contributed by atoms with Gasteiger partial charge in [0.05, 0.1) is 0 Å². The zero-order valence-corrected chi connectivity index (χ0v) is 14.2. The summed E-state index contributed by atoms with van der Waals surface area (Å²) in [6.45, 7) is 1.47. The molecule has 2 aromatic rings. The van der Waals surface area contributed by atoms with Crippen LogP contribution in [0.2, 0.25) is 0 Å². The molecule has 0 aliphatic carbocycles. The van der Waals surface area contributed by atoms with Crippen molar-refractivity contribution in [2.75, 3.05) is 32.1 Å². The summed E-state index contributed by atoms with van der Waals surface area (Å²) in [7, 11) is 1.86. The average molecular weight is 316 g/mol. The van der Waals surface area contributed by atoms with Crippen molar-refractivity contribution in [2.45, 2.75) is 12.8 Å². The number of nitrogens with one attached hydrogen (secondary N) is 1. The van der Waals surface area contributed by atoms with E-state index in [2.05, 4.69) is 54.0 Å². The van der Waals surface area contributed by atoms with Gasteiger partial charge in [0, 0.05) is 20.1 Å². The molecule has 2 rings (SSSR count). The van der Waals surface area contributed by atoms with E-state index in [1.165, 1.54) is 16.3 Å². The lowest BCUT2D eigenvalue weighted by Crippen LogP contribution is -2.38. The molecular weight excluding hydrogens is 292 g/mol. The zero-order valence-electron chi connectivity index (χ0n) is 13.3. The summed E-state index contributed by atoms with van der Waals surface area (Å²) in [6, 6.07) is 14.8. The molecule has 0 radical (unpaired) electrons. The van der Waals surface area contributed by atoms with E-state index >= 15 is 0 Å². The number of hydrogen-bond acceptors (Lipinski definition) is 2. The Kier molecular flexibility index (Phi) is 6.59. The molecule has 0 aliphatic rings. The molecule has 0 saturated carbocycles. The molecule has 4 heteroatoms. The second-order valence-electron chi connectivity index (χ2n) is 5.39. The van der Waals surface area contributed by atoms with E-state index in [0.29, 0.717) is 0 Å². The van der Waals surface area contributed by atoms with Crippen molar-refractivity contribution in [3.05, 3.63) is 48.0 Å². The first kappa shape index (κ1) is 16.7. The Morgan fingerprint density at radius 1 is 1.18 bits per heavy atom. The van der Waals surface area contributed by atoms with Gasteiger partial charge in [0.2, 0.25) is 0 Å². The highest BCUT2D eigenvalue weighted by molar-refractivity contribution is 7.98. The number of hydrogen-bond donors (Lipinski definition) is 1. The van der Waals surface area contributed by atoms with E-state index in [-0.39, 0.29) is 6.03 Å². The van der Waals surface area contributed by atoms with Crippen molar-refractivity contribution in [1.29, 1.82) is 0 Å². The van der Waals surface area contributed by atoms with Crippen LogP contribution in [0.25, 0.3) is 10.8 Å². The fourth-order valence-corrected chi connectivity index (χ4v) is 2.88. The number of rotatable bonds is 7. The summed E-state index contributed by atoms with van der Waals surface area (Å²) in [5.41, 5.74) is 1.29. The van der Waals surface area contributed by atoms with E-state index in [1.807, 2.05) is 7.05 Å². The largest absolute Gasteiger partial charge is 0.338 e. The molecule has 0 heterocycles. The van der Waals surface area contributed by atoms with Crippen molar-refractivity contribution in [3.8, 4) is 0 Å². The molecule has 0 aromatic heterocycles. The molecule has 2 amide bonds. The number of carbonyl (C=O) groups excluding carboxylic acids is 1. The maximum absolute atomic E-state index is 12.0. The van der Waals surface area contributed by atoms with Crippen LogP contribution >= 0.6 is 11.8 Å².